The van der Waals surface area contributed by atoms with Crippen LogP contribution in [0.5, 0.6) is 0 Å². The fourth-order valence-electron chi connectivity index (χ4n) is 2.55. The smallest absolute Gasteiger partial charge is 0.257 e. The van der Waals surface area contributed by atoms with Crippen molar-refractivity contribution >= 4 is 46.4 Å². The fraction of sp³-hybridized carbons (Fsp3) is 0.0500. The Morgan fingerprint density at radius 2 is 1.54 bits per heavy atom. The number of aliphatic hydroxyl groups excluding tert-OH is 1. The maximum atomic E-state index is 12.6. The average molecular weight is 407 g/mol. The monoisotopic (exact) mass is 405 g/mol. The minimum atomic E-state index is -0.939. The number of hydrogen-bond donors (Lipinski definition) is 2. The molecule has 0 aliphatic rings. The minimum absolute atomic E-state index is 0.245. The summed E-state index contributed by atoms with van der Waals surface area (Å²) in [6.45, 7) is 0. The average Bonchev–Trinajstić information content (AvgIpc) is 2.63. The van der Waals surface area contributed by atoms with Gasteiger partial charge in [-0.05, 0) is 42.0 Å². The van der Waals surface area contributed by atoms with Crippen molar-refractivity contribution in [2.45, 2.75) is 6.10 Å². The number of hydrogen-bond acceptors (Lipinski definition) is 2. The van der Waals surface area contributed by atoms with Gasteiger partial charge in [-0.2, -0.15) is 0 Å². The summed E-state index contributed by atoms with van der Waals surface area (Å²) in [7, 11) is 0. The van der Waals surface area contributed by atoms with E-state index in [4.69, 9.17) is 34.8 Å². The molecular weight excluding hydrogens is 393 g/mol. The van der Waals surface area contributed by atoms with Gasteiger partial charge in [0, 0.05) is 21.3 Å². The van der Waals surface area contributed by atoms with Crippen molar-refractivity contribution in [2.75, 3.05) is 5.32 Å². The Bertz CT molecular complexity index is 945. The van der Waals surface area contributed by atoms with Gasteiger partial charge in [-0.25, -0.2) is 0 Å². The van der Waals surface area contributed by atoms with Crippen LogP contribution in [0.3, 0.4) is 0 Å². The zero-order valence-electron chi connectivity index (χ0n) is 13.4. The second-order valence-corrected chi connectivity index (χ2v) is 6.90. The topological polar surface area (TPSA) is 49.3 Å². The number of benzene rings is 3. The number of aliphatic hydroxyl groups is 1. The summed E-state index contributed by atoms with van der Waals surface area (Å²) in [5.41, 5.74) is 1.91. The first-order valence-corrected chi connectivity index (χ1v) is 8.88. The predicted octanol–water partition coefficient (Wildman–Crippen LogP) is 5.98. The third kappa shape index (κ3) is 4.19. The van der Waals surface area contributed by atoms with E-state index < -0.39 is 12.0 Å². The van der Waals surface area contributed by atoms with E-state index in [0.29, 0.717) is 26.9 Å². The van der Waals surface area contributed by atoms with Gasteiger partial charge in [-0.1, -0.05) is 65.1 Å². The molecule has 3 nitrogen and oxygen atoms in total. The zero-order chi connectivity index (χ0) is 18.7. The third-order valence-corrected chi connectivity index (χ3v) is 4.63. The number of nitrogens with one attached hydrogen (secondary N) is 1. The summed E-state index contributed by atoms with van der Waals surface area (Å²) in [5, 5.41) is 14.6. The number of carbonyl (C=O) groups excluding carboxylic acids is 1. The van der Waals surface area contributed by atoms with Gasteiger partial charge >= 0.3 is 0 Å². The molecule has 132 valence electrons. The number of halogens is 3. The highest BCUT2D eigenvalue weighted by Gasteiger charge is 2.18. The third-order valence-electron chi connectivity index (χ3n) is 3.85. The van der Waals surface area contributed by atoms with Crippen LogP contribution >= 0.6 is 34.8 Å². The molecule has 3 aromatic carbocycles. The molecule has 26 heavy (non-hydrogen) atoms. The summed E-state index contributed by atoms with van der Waals surface area (Å²) >= 11 is 18.1. The van der Waals surface area contributed by atoms with Crippen LogP contribution in [-0.2, 0) is 0 Å². The molecule has 0 aliphatic heterocycles. The van der Waals surface area contributed by atoms with E-state index in [2.05, 4.69) is 5.32 Å². The van der Waals surface area contributed by atoms with Gasteiger partial charge < -0.3 is 10.4 Å². The second kappa shape index (κ2) is 8.11. The molecule has 3 rings (SSSR count). The van der Waals surface area contributed by atoms with Gasteiger partial charge in [0.1, 0.15) is 6.10 Å². The maximum Gasteiger partial charge on any atom is 0.257 e. The predicted molar refractivity (Wildman–Crippen MR) is 106 cm³/mol. The van der Waals surface area contributed by atoms with E-state index in [1.54, 1.807) is 42.5 Å². The van der Waals surface area contributed by atoms with Gasteiger partial charge in [0.25, 0.3) is 5.91 Å². The quantitative estimate of drug-likeness (QED) is 0.560. The molecule has 0 bridgehead atoms. The van der Waals surface area contributed by atoms with E-state index in [1.807, 2.05) is 18.2 Å². The van der Waals surface area contributed by atoms with Crippen LogP contribution < -0.4 is 5.32 Å². The first-order chi connectivity index (χ1) is 12.5. The van der Waals surface area contributed by atoms with Crippen LogP contribution in [0.2, 0.25) is 15.1 Å². The molecule has 0 spiro atoms. The van der Waals surface area contributed by atoms with Crippen LogP contribution in [-0.4, -0.2) is 11.0 Å². The lowest BCUT2D eigenvalue weighted by molar-refractivity contribution is 0.102. The molecule has 3 aromatic rings. The van der Waals surface area contributed by atoms with Crippen LogP contribution in [0.1, 0.15) is 27.6 Å². The van der Waals surface area contributed by atoms with E-state index in [0.717, 1.165) is 0 Å². The van der Waals surface area contributed by atoms with Gasteiger partial charge in [-0.3, -0.25) is 4.79 Å². The molecule has 0 fully saturated rings. The Morgan fingerprint density at radius 1 is 0.885 bits per heavy atom. The molecule has 0 aliphatic carbocycles. The van der Waals surface area contributed by atoms with Crippen LogP contribution in [0.15, 0.2) is 66.7 Å². The van der Waals surface area contributed by atoms with E-state index in [-0.39, 0.29) is 10.6 Å². The Balaban J connectivity index is 1.94. The van der Waals surface area contributed by atoms with E-state index in [9.17, 15) is 9.90 Å². The molecule has 0 aromatic heterocycles. The van der Waals surface area contributed by atoms with Gasteiger partial charge in [0.05, 0.1) is 10.6 Å². The van der Waals surface area contributed by atoms with Crippen molar-refractivity contribution in [1.82, 2.24) is 0 Å². The van der Waals surface area contributed by atoms with Crippen molar-refractivity contribution in [3.8, 4) is 0 Å². The zero-order valence-corrected chi connectivity index (χ0v) is 15.7. The fourth-order valence-corrected chi connectivity index (χ4v) is 3.23. The van der Waals surface area contributed by atoms with Crippen molar-refractivity contribution in [1.29, 1.82) is 0 Å². The van der Waals surface area contributed by atoms with Gasteiger partial charge in [-0.15, -0.1) is 0 Å². The summed E-state index contributed by atoms with van der Waals surface area (Å²) in [4.78, 5) is 12.6. The molecule has 1 unspecified atom stereocenters. The Morgan fingerprint density at radius 3 is 2.23 bits per heavy atom. The van der Waals surface area contributed by atoms with Crippen molar-refractivity contribution < 1.29 is 9.90 Å². The molecule has 1 amide bonds. The standard InChI is InChI=1S/C20H14Cl3NO2/c21-13-7-9-18(16(10-13)19(25)12-4-2-1-3-5-12)24-20(26)15-8-6-14(22)11-17(15)23/h1-11,19,25H,(H,24,26). The number of amides is 1. The molecule has 0 radical (unpaired) electrons. The highest BCUT2D eigenvalue weighted by Crippen LogP contribution is 2.31. The minimum Gasteiger partial charge on any atom is -0.384 e. The highest BCUT2D eigenvalue weighted by molar-refractivity contribution is 6.37. The number of rotatable bonds is 4. The van der Waals surface area contributed by atoms with Gasteiger partial charge in [0.2, 0.25) is 0 Å². The second-order valence-electron chi connectivity index (χ2n) is 5.62. The lowest BCUT2D eigenvalue weighted by Gasteiger charge is -2.17. The van der Waals surface area contributed by atoms with Crippen molar-refractivity contribution in [3.63, 3.8) is 0 Å². The lowest BCUT2D eigenvalue weighted by Crippen LogP contribution is -2.15. The van der Waals surface area contributed by atoms with Crippen LogP contribution in [0.4, 0.5) is 5.69 Å². The molecule has 2 N–H and O–H groups in total. The number of carbonyl (C=O) groups is 1. The maximum absolute atomic E-state index is 12.6. The molecule has 0 heterocycles. The molecular formula is C20H14Cl3NO2. The number of anilines is 1. The molecule has 1 atom stereocenters. The molecule has 0 saturated heterocycles. The van der Waals surface area contributed by atoms with E-state index >= 15 is 0 Å². The first-order valence-electron chi connectivity index (χ1n) is 7.74. The lowest BCUT2D eigenvalue weighted by atomic mass is 9.99. The highest BCUT2D eigenvalue weighted by atomic mass is 35.5. The van der Waals surface area contributed by atoms with Crippen LogP contribution in [0, 0.1) is 0 Å². The normalized spacial score (nSPS) is 11.8. The first kappa shape index (κ1) is 18.7. The Hall–Kier alpha value is -2.04. The van der Waals surface area contributed by atoms with Crippen LogP contribution in [0.25, 0.3) is 0 Å². The molecule has 6 heteroatoms. The van der Waals surface area contributed by atoms with E-state index in [1.165, 1.54) is 6.07 Å². The van der Waals surface area contributed by atoms with Gasteiger partial charge in [0.15, 0.2) is 0 Å². The summed E-state index contributed by atoms with van der Waals surface area (Å²) in [6, 6.07) is 18.7. The van der Waals surface area contributed by atoms with Crippen molar-refractivity contribution in [3.05, 3.63) is 98.5 Å². The Kier molecular flexibility index (Phi) is 5.84. The summed E-state index contributed by atoms with van der Waals surface area (Å²) in [6.07, 6.45) is -0.939. The SMILES string of the molecule is O=C(Nc1ccc(Cl)cc1C(O)c1ccccc1)c1ccc(Cl)cc1Cl. The largest absolute Gasteiger partial charge is 0.384 e. The Labute approximate surface area is 166 Å². The molecule has 0 saturated carbocycles. The summed E-state index contributed by atoms with van der Waals surface area (Å²) in [5.74, 6) is -0.407. The van der Waals surface area contributed by atoms with Crippen molar-refractivity contribution in [2.24, 2.45) is 0 Å². The summed E-state index contributed by atoms with van der Waals surface area (Å²) < 4.78 is 0.